The molecule has 1 aliphatic carbocycles. The van der Waals surface area contributed by atoms with Crippen LogP contribution in [0.3, 0.4) is 0 Å². The standard InChI is InChI=1S/C24H21NO4S/c1-15(26)25-21(23-7-4-10-30-23)13-24(28)29-14-22(27)18-9-8-17-11-16-5-2-3-6-19(16)20(17)12-18/h2-10,12,21H,11,13-14H2,1H3,(H,25,26). The lowest BCUT2D eigenvalue weighted by atomic mass is 10.0. The van der Waals surface area contributed by atoms with E-state index < -0.39 is 12.0 Å². The van der Waals surface area contributed by atoms with Crippen molar-refractivity contribution in [3.05, 3.63) is 81.5 Å². The number of thiophene rings is 1. The maximum absolute atomic E-state index is 12.6. The number of benzene rings is 2. The van der Waals surface area contributed by atoms with Crippen molar-refractivity contribution in [1.29, 1.82) is 0 Å². The van der Waals surface area contributed by atoms with E-state index in [2.05, 4.69) is 17.4 Å². The lowest BCUT2D eigenvalue weighted by Gasteiger charge is -2.15. The number of esters is 1. The Morgan fingerprint density at radius 3 is 2.60 bits per heavy atom. The number of ketones is 1. The predicted octanol–water partition coefficient (Wildman–Crippen LogP) is 4.31. The third-order valence-electron chi connectivity index (χ3n) is 5.12. The zero-order valence-electron chi connectivity index (χ0n) is 16.5. The first kappa shape index (κ1) is 20.0. The molecule has 0 radical (unpaired) electrons. The van der Waals surface area contributed by atoms with E-state index in [9.17, 15) is 14.4 Å². The molecule has 30 heavy (non-hydrogen) atoms. The molecule has 1 atom stereocenters. The normalized spacial score (nSPS) is 12.6. The topological polar surface area (TPSA) is 72.5 Å². The van der Waals surface area contributed by atoms with E-state index in [0.717, 1.165) is 22.4 Å². The van der Waals surface area contributed by atoms with Crippen LogP contribution in [0.4, 0.5) is 0 Å². The van der Waals surface area contributed by atoms with Crippen LogP contribution < -0.4 is 5.32 Å². The minimum Gasteiger partial charge on any atom is -0.457 e. The maximum Gasteiger partial charge on any atom is 0.308 e. The number of rotatable bonds is 7. The summed E-state index contributed by atoms with van der Waals surface area (Å²) in [5, 5.41) is 4.64. The summed E-state index contributed by atoms with van der Waals surface area (Å²) in [7, 11) is 0. The molecule has 0 saturated carbocycles. The summed E-state index contributed by atoms with van der Waals surface area (Å²) < 4.78 is 5.22. The highest BCUT2D eigenvalue weighted by Gasteiger charge is 2.22. The minimum atomic E-state index is -0.526. The molecule has 0 spiro atoms. The first-order chi connectivity index (χ1) is 14.5. The average molecular weight is 420 g/mol. The first-order valence-electron chi connectivity index (χ1n) is 9.72. The highest BCUT2D eigenvalue weighted by Crippen LogP contribution is 2.36. The van der Waals surface area contributed by atoms with Crippen LogP contribution in [0, 0.1) is 0 Å². The van der Waals surface area contributed by atoms with Gasteiger partial charge in [-0.25, -0.2) is 0 Å². The molecule has 1 aliphatic rings. The molecule has 5 nitrogen and oxygen atoms in total. The van der Waals surface area contributed by atoms with Crippen molar-refractivity contribution in [3.8, 4) is 11.1 Å². The number of Topliss-reactive ketones (excluding diaryl/α,β-unsaturated/α-hetero) is 1. The number of nitrogens with one attached hydrogen (secondary N) is 1. The second kappa shape index (κ2) is 8.63. The summed E-state index contributed by atoms with van der Waals surface area (Å²) in [4.78, 5) is 37.2. The van der Waals surface area contributed by atoms with Crippen molar-refractivity contribution in [2.24, 2.45) is 0 Å². The molecule has 1 amide bonds. The highest BCUT2D eigenvalue weighted by atomic mass is 32.1. The number of amides is 1. The number of ether oxygens (including phenoxy) is 1. The lowest BCUT2D eigenvalue weighted by Crippen LogP contribution is -2.28. The third kappa shape index (κ3) is 4.33. The van der Waals surface area contributed by atoms with Crippen molar-refractivity contribution < 1.29 is 19.1 Å². The SMILES string of the molecule is CC(=O)NC(CC(=O)OCC(=O)c1ccc2c(c1)-c1ccccc1C2)c1cccs1. The van der Waals surface area contributed by atoms with Gasteiger partial charge in [0.05, 0.1) is 12.5 Å². The molecular formula is C24H21NO4S. The minimum absolute atomic E-state index is 0.0229. The lowest BCUT2D eigenvalue weighted by molar-refractivity contribution is -0.143. The van der Waals surface area contributed by atoms with Gasteiger partial charge in [-0.05, 0) is 46.2 Å². The molecule has 3 aromatic rings. The van der Waals surface area contributed by atoms with E-state index in [4.69, 9.17) is 4.74 Å². The highest BCUT2D eigenvalue weighted by molar-refractivity contribution is 7.10. The van der Waals surface area contributed by atoms with Crippen molar-refractivity contribution in [3.63, 3.8) is 0 Å². The summed E-state index contributed by atoms with van der Waals surface area (Å²) in [5.41, 5.74) is 5.18. The Morgan fingerprint density at radius 1 is 1.03 bits per heavy atom. The maximum atomic E-state index is 12.6. The first-order valence-corrected chi connectivity index (χ1v) is 10.6. The van der Waals surface area contributed by atoms with Crippen LogP contribution >= 0.6 is 11.3 Å². The molecule has 0 saturated heterocycles. The number of carbonyl (C=O) groups excluding carboxylic acids is 3. The van der Waals surface area contributed by atoms with Gasteiger partial charge in [0.2, 0.25) is 5.91 Å². The summed E-state index contributed by atoms with van der Waals surface area (Å²) in [6.45, 7) is 1.08. The van der Waals surface area contributed by atoms with E-state index in [1.807, 2.05) is 41.8 Å². The van der Waals surface area contributed by atoms with Crippen molar-refractivity contribution in [2.75, 3.05) is 6.61 Å². The summed E-state index contributed by atoms with van der Waals surface area (Å²) in [6, 6.07) is 17.0. The summed E-state index contributed by atoms with van der Waals surface area (Å²) in [6.07, 6.45) is 0.840. The van der Waals surface area contributed by atoms with E-state index in [1.165, 1.54) is 29.4 Å². The number of carbonyl (C=O) groups is 3. The summed E-state index contributed by atoms with van der Waals surface area (Å²) >= 11 is 1.45. The second-order valence-electron chi connectivity index (χ2n) is 7.26. The fourth-order valence-corrected chi connectivity index (χ4v) is 4.49. The Balaban J connectivity index is 1.39. The zero-order chi connectivity index (χ0) is 21.1. The van der Waals surface area contributed by atoms with Crippen LogP contribution in [0.25, 0.3) is 11.1 Å². The smallest absolute Gasteiger partial charge is 0.308 e. The van der Waals surface area contributed by atoms with E-state index in [-0.39, 0.29) is 24.7 Å². The van der Waals surface area contributed by atoms with Gasteiger partial charge in [0.25, 0.3) is 0 Å². The molecule has 152 valence electrons. The molecule has 1 unspecified atom stereocenters. The van der Waals surface area contributed by atoms with Gasteiger partial charge in [-0.2, -0.15) is 0 Å². The zero-order valence-corrected chi connectivity index (χ0v) is 17.3. The molecular weight excluding hydrogens is 398 g/mol. The molecule has 0 aliphatic heterocycles. The van der Waals surface area contributed by atoms with Gasteiger partial charge in [-0.3, -0.25) is 14.4 Å². The van der Waals surface area contributed by atoms with Gasteiger partial charge in [-0.1, -0.05) is 42.5 Å². The molecule has 4 rings (SSSR count). The Kier molecular flexibility index (Phi) is 5.77. The molecule has 0 fully saturated rings. The predicted molar refractivity (Wildman–Crippen MR) is 115 cm³/mol. The van der Waals surface area contributed by atoms with Crippen LogP contribution in [-0.2, 0) is 20.7 Å². The fraction of sp³-hybridized carbons (Fsp3) is 0.208. The van der Waals surface area contributed by atoms with Crippen LogP contribution in [0.15, 0.2) is 60.0 Å². The average Bonchev–Trinajstić information content (AvgIpc) is 3.38. The number of hydrogen-bond donors (Lipinski definition) is 1. The Hall–Kier alpha value is -3.25. The molecule has 6 heteroatoms. The fourth-order valence-electron chi connectivity index (χ4n) is 3.71. The molecule has 2 aromatic carbocycles. The van der Waals surface area contributed by atoms with Crippen molar-refractivity contribution >= 4 is 29.0 Å². The molecule has 1 heterocycles. The van der Waals surface area contributed by atoms with Crippen LogP contribution in [-0.4, -0.2) is 24.3 Å². The van der Waals surface area contributed by atoms with Gasteiger partial charge >= 0.3 is 5.97 Å². The van der Waals surface area contributed by atoms with E-state index in [0.29, 0.717) is 5.56 Å². The number of hydrogen-bond acceptors (Lipinski definition) is 5. The Bertz CT molecular complexity index is 1100. The van der Waals surface area contributed by atoms with Crippen LogP contribution in [0.2, 0.25) is 0 Å². The monoisotopic (exact) mass is 419 g/mol. The van der Waals surface area contributed by atoms with Gasteiger partial charge < -0.3 is 10.1 Å². The van der Waals surface area contributed by atoms with Crippen LogP contribution in [0.1, 0.15) is 45.7 Å². The second-order valence-corrected chi connectivity index (χ2v) is 8.24. The Labute approximate surface area is 178 Å². The Morgan fingerprint density at radius 2 is 1.83 bits per heavy atom. The van der Waals surface area contributed by atoms with Gasteiger partial charge in [0.15, 0.2) is 12.4 Å². The van der Waals surface area contributed by atoms with E-state index in [1.54, 1.807) is 6.07 Å². The van der Waals surface area contributed by atoms with Gasteiger partial charge in [0.1, 0.15) is 0 Å². The molecule has 0 bridgehead atoms. The quantitative estimate of drug-likeness (QED) is 0.358. The van der Waals surface area contributed by atoms with Crippen molar-refractivity contribution in [1.82, 2.24) is 5.32 Å². The molecule has 1 N–H and O–H groups in total. The third-order valence-corrected chi connectivity index (χ3v) is 6.11. The van der Waals surface area contributed by atoms with E-state index >= 15 is 0 Å². The van der Waals surface area contributed by atoms with Gasteiger partial charge in [-0.15, -0.1) is 11.3 Å². The van der Waals surface area contributed by atoms with Crippen molar-refractivity contribution in [2.45, 2.75) is 25.8 Å². The van der Waals surface area contributed by atoms with Crippen LogP contribution in [0.5, 0.6) is 0 Å². The summed E-state index contributed by atoms with van der Waals surface area (Å²) in [5.74, 6) is -1.000. The van der Waals surface area contributed by atoms with Gasteiger partial charge in [0, 0.05) is 17.4 Å². The number of fused-ring (bicyclic) bond motifs is 3. The largest absolute Gasteiger partial charge is 0.457 e. The molecule has 1 aromatic heterocycles.